The van der Waals surface area contributed by atoms with E-state index < -0.39 is 45.7 Å². The van der Waals surface area contributed by atoms with Crippen molar-refractivity contribution in [1.82, 2.24) is 15.8 Å². The number of hydrogen-bond donors (Lipinski definition) is 5. The number of nitrogens with zero attached hydrogens (tertiary/aromatic N) is 1. The number of nitrogens with one attached hydrogen (secondary N) is 3. The first-order valence-corrected chi connectivity index (χ1v) is 9.16. The van der Waals surface area contributed by atoms with Crippen LogP contribution in [0.15, 0.2) is 47.4 Å². The van der Waals surface area contributed by atoms with E-state index in [2.05, 4.69) is 16.1 Å². The van der Waals surface area contributed by atoms with Crippen LogP contribution in [0.5, 0.6) is 0 Å². The summed E-state index contributed by atoms with van der Waals surface area (Å²) < 4.78 is 50.1. The molecule has 1 unspecified atom stereocenters. The second-order valence-electron chi connectivity index (χ2n) is 5.66. The number of nitrogens with two attached hydrogens (primary N) is 2. The summed E-state index contributed by atoms with van der Waals surface area (Å²) in [6.45, 7) is 0. The van der Waals surface area contributed by atoms with Gasteiger partial charge in [-0.15, -0.1) is 0 Å². The van der Waals surface area contributed by atoms with Crippen molar-refractivity contribution < 1.29 is 22.0 Å². The standard InChI is InChI=1S/C15H16F2N6O3S/c16-10-2-1-3-11(17)12(10)13(24)23-14(18)21-15(22-23)20-8-4-6-9(7-5-8)27(19,25)26/h1-7,14-15,20-22H,18H2,(H2,19,25,26)/t14-,15?/m1/s1. The molecule has 7 N–H and O–H groups in total. The van der Waals surface area contributed by atoms with E-state index in [1.165, 1.54) is 24.3 Å². The maximum absolute atomic E-state index is 13.8. The van der Waals surface area contributed by atoms with Gasteiger partial charge in [-0.3, -0.25) is 10.5 Å². The highest BCUT2D eigenvalue weighted by Crippen LogP contribution is 2.17. The Labute approximate surface area is 153 Å². The summed E-state index contributed by atoms with van der Waals surface area (Å²) in [7, 11) is -3.82. The predicted octanol–water partition coefficient (Wildman–Crippen LogP) is -0.200. The number of sulfonamides is 1. The number of hydrogen-bond acceptors (Lipinski definition) is 7. The van der Waals surface area contributed by atoms with Crippen LogP contribution in [0.3, 0.4) is 0 Å². The molecule has 1 heterocycles. The number of carbonyl (C=O) groups is 1. The number of benzene rings is 2. The molecule has 1 fully saturated rings. The maximum Gasteiger partial charge on any atom is 0.276 e. The predicted molar refractivity (Wildman–Crippen MR) is 92.0 cm³/mol. The first kappa shape index (κ1) is 19.1. The van der Waals surface area contributed by atoms with Crippen molar-refractivity contribution in [3.05, 3.63) is 59.7 Å². The van der Waals surface area contributed by atoms with Gasteiger partial charge in [0.05, 0.1) is 4.90 Å². The summed E-state index contributed by atoms with van der Waals surface area (Å²) in [4.78, 5) is 12.3. The second kappa shape index (κ2) is 7.17. The van der Waals surface area contributed by atoms with Crippen LogP contribution in [0.25, 0.3) is 0 Å². The van der Waals surface area contributed by atoms with Crippen LogP contribution < -0.4 is 26.9 Å². The lowest BCUT2D eigenvalue weighted by Gasteiger charge is -2.20. The van der Waals surface area contributed by atoms with E-state index >= 15 is 0 Å². The lowest BCUT2D eigenvalue weighted by atomic mass is 10.2. The van der Waals surface area contributed by atoms with Gasteiger partial charge in [0.2, 0.25) is 10.0 Å². The van der Waals surface area contributed by atoms with Crippen LogP contribution in [0.2, 0.25) is 0 Å². The Bertz CT molecular complexity index is 950. The van der Waals surface area contributed by atoms with E-state index in [-0.39, 0.29) is 4.90 Å². The van der Waals surface area contributed by atoms with Crippen molar-refractivity contribution in [2.45, 2.75) is 17.5 Å². The fraction of sp³-hybridized carbons (Fsp3) is 0.133. The molecule has 2 atom stereocenters. The summed E-state index contributed by atoms with van der Waals surface area (Å²) in [5.41, 5.74) is 8.18. The van der Waals surface area contributed by atoms with Gasteiger partial charge in [-0.05, 0) is 36.4 Å². The van der Waals surface area contributed by atoms with E-state index in [4.69, 9.17) is 10.9 Å². The Kier molecular flexibility index (Phi) is 5.08. The largest absolute Gasteiger partial charge is 0.356 e. The van der Waals surface area contributed by atoms with Crippen molar-refractivity contribution in [2.24, 2.45) is 10.9 Å². The van der Waals surface area contributed by atoms with Crippen LogP contribution in [-0.2, 0) is 10.0 Å². The molecule has 2 aromatic rings. The Morgan fingerprint density at radius 2 is 1.70 bits per heavy atom. The zero-order chi connectivity index (χ0) is 19.8. The molecule has 12 heteroatoms. The number of halogens is 2. The number of rotatable bonds is 4. The molecule has 9 nitrogen and oxygen atoms in total. The molecule has 0 saturated carbocycles. The molecule has 2 aromatic carbocycles. The number of primary sulfonamides is 1. The fourth-order valence-electron chi connectivity index (χ4n) is 2.49. The van der Waals surface area contributed by atoms with Gasteiger partial charge in [-0.25, -0.2) is 32.7 Å². The van der Waals surface area contributed by atoms with Crippen molar-refractivity contribution in [1.29, 1.82) is 0 Å². The zero-order valence-electron chi connectivity index (χ0n) is 13.7. The van der Waals surface area contributed by atoms with Crippen LogP contribution in [0.4, 0.5) is 14.5 Å². The summed E-state index contributed by atoms with van der Waals surface area (Å²) >= 11 is 0. The molecule has 3 rings (SSSR count). The molecule has 144 valence electrons. The Hall–Kier alpha value is -2.64. The molecular weight excluding hydrogens is 382 g/mol. The first-order chi connectivity index (χ1) is 12.7. The average molecular weight is 398 g/mol. The van der Waals surface area contributed by atoms with Crippen LogP contribution in [0.1, 0.15) is 10.4 Å². The fourth-order valence-corrected chi connectivity index (χ4v) is 3.01. The van der Waals surface area contributed by atoms with E-state index in [0.29, 0.717) is 5.69 Å². The lowest BCUT2D eigenvalue weighted by molar-refractivity contribution is 0.0631. The van der Waals surface area contributed by atoms with Gasteiger partial charge in [-0.1, -0.05) is 6.07 Å². The zero-order valence-corrected chi connectivity index (χ0v) is 14.5. The van der Waals surface area contributed by atoms with E-state index in [1.54, 1.807) is 0 Å². The molecule has 0 aromatic heterocycles. The van der Waals surface area contributed by atoms with Gasteiger partial charge in [0.25, 0.3) is 5.91 Å². The van der Waals surface area contributed by atoms with E-state index in [9.17, 15) is 22.0 Å². The molecule has 1 aliphatic heterocycles. The molecule has 0 radical (unpaired) electrons. The van der Waals surface area contributed by atoms with Gasteiger partial charge in [0.1, 0.15) is 17.2 Å². The summed E-state index contributed by atoms with van der Waals surface area (Å²) in [6, 6.07) is 8.58. The van der Waals surface area contributed by atoms with Gasteiger partial charge in [-0.2, -0.15) is 5.43 Å². The van der Waals surface area contributed by atoms with Gasteiger partial charge in [0.15, 0.2) is 12.6 Å². The van der Waals surface area contributed by atoms with E-state index in [0.717, 1.165) is 23.2 Å². The number of hydrazine groups is 1. The normalized spacial score (nSPS) is 19.9. The molecule has 0 bridgehead atoms. The van der Waals surface area contributed by atoms with Crippen molar-refractivity contribution >= 4 is 21.6 Å². The third-order valence-electron chi connectivity index (χ3n) is 3.77. The third kappa shape index (κ3) is 4.04. The number of amides is 1. The average Bonchev–Trinajstić information content (AvgIpc) is 2.94. The minimum atomic E-state index is -3.82. The Balaban J connectivity index is 1.72. The quantitative estimate of drug-likeness (QED) is 0.480. The molecule has 0 aliphatic carbocycles. The highest BCUT2D eigenvalue weighted by atomic mass is 32.2. The topological polar surface area (TPSA) is 143 Å². The molecule has 27 heavy (non-hydrogen) atoms. The minimum absolute atomic E-state index is 0.0658. The molecular formula is C15H16F2N6O3S. The van der Waals surface area contributed by atoms with Crippen LogP contribution in [-0.4, -0.2) is 31.9 Å². The SMILES string of the molecule is N[C@@H]1NC(Nc2ccc(S(N)(=O)=O)cc2)NN1C(=O)c1c(F)cccc1F. The Morgan fingerprint density at radius 1 is 1.11 bits per heavy atom. The summed E-state index contributed by atoms with van der Waals surface area (Å²) in [6.07, 6.45) is -1.84. The maximum atomic E-state index is 13.8. The Morgan fingerprint density at radius 3 is 2.26 bits per heavy atom. The van der Waals surface area contributed by atoms with Gasteiger partial charge >= 0.3 is 0 Å². The van der Waals surface area contributed by atoms with Crippen molar-refractivity contribution in [3.63, 3.8) is 0 Å². The van der Waals surface area contributed by atoms with Gasteiger partial charge < -0.3 is 5.32 Å². The molecule has 1 amide bonds. The summed E-state index contributed by atoms with van der Waals surface area (Å²) in [5.74, 6) is -3.01. The third-order valence-corrected chi connectivity index (χ3v) is 4.70. The highest BCUT2D eigenvalue weighted by Gasteiger charge is 2.35. The number of anilines is 1. The smallest absolute Gasteiger partial charge is 0.276 e. The monoisotopic (exact) mass is 398 g/mol. The minimum Gasteiger partial charge on any atom is -0.356 e. The van der Waals surface area contributed by atoms with Gasteiger partial charge in [0, 0.05) is 5.69 Å². The first-order valence-electron chi connectivity index (χ1n) is 7.61. The molecule has 1 saturated heterocycles. The molecule has 0 spiro atoms. The van der Waals surface area contributed by atoms with E-state index in [1.807, 2.05) is 0 Å². The lowest BCUT2D eigenvalue weighted by Crippen LogP contribution is -2.49. The van der Waals surface area contributed by atoms with Crippen LogP contribution >= 0.6 is 0 Å². The van der Waals surface area contributed by atoms with Crippen molar-refractivity contribution in [3.8, 4) is 0 Å². The summed E-state index contributed by atoms with van der Waals surface area (Å²) in [5, 5.41) is 11.5. The second-order valence-corrected chi connectivity index (χ2v) is 7.22. The van der Waals surface area contributed by atoms with Crippen molar-refractivity contribution in [2.75, 3.05) is 5.32 Å². The van der Waals surface area contributed by atoms with Crippen LogP contribution in [0, 0.1) is 11.6 Å². The highest BCUT2D eigenvalue weighted by molar-refractivity contribution is 7.89. The molecule has 1 aliphatic rings. The number of carbonyl (C=O) groups excluding carboxylic acids is 1.